The van der Waals surface area contributed by atoms with Gasteiger partial charge < -0.3 is 20.9 Å². The number of ether oxygens (including phenoxy) is 2. The standard InChI is InChI=1S/C20H28N6O2/c1-12-4-14(18-9-26-20(22)11-24-18)6-16(28-12)7-15-5-13(2-3-27-15)17-8-25-19(21)10-23-17/h8-16H,2-7H2,1H3,(H2,21,25)(H2,22,26)/t12-,13+,14+,15-,16?/m1/s1. The Morgan fingerprint density at radius 3 is 2.14 bits per heavy atom. The SMILES string of the molecule is C[C@@H]1C[C@H](c2cnc(N)cn2)CC(C[C@H]2C[C@@H](c3cnc(N)cn3)CCO2)O1. The molecule has 0 spiro atoms. The quantitative estimate of drug-likeness (QED) is 0.824. The average Bonchev–Trinajstić information content (AvgIpc) is 2.69. The van der Waals surface area contributed by atoms with Crippen molar-refractivity contribution >= 4 is 11.6 Å². The number of hydrogen-bond acceptors (Lipinski definition) is 8. The van der Waals surface area contributed by atoms with Gasteiger partial charge in [0.2, 0.25) is 0 Å². The van der Waals surface area contributed by atoms with Crippen LogP contribution in [-0.4, -0.2) is 44.9 Å². The predicted molar refractivity (Wildman–Crippen MR) is 106 cm³/mol. The molecular weight excluding hydrogens is 356 g/mol. The van der Waals surface area contributed by atoms with Gasteiger partial charge in [0.1, 0.15) is 11.6 Å². The summed E-state index contributed by atoms with van der Waals surface area (Å²) in [7, 11) is 0. The Balaban J connectivity index is 1.38. The molecular formula is C20H28N6O2. The molecule has 8 nitrogen and oxygen atoms in total. The zero-order chi connectivity index (χ0) is 19.5. The Hall–Kier alpha value is -2.32. The smallest absolute Gasteiger partial charge is 0.141 e. The van der Waals surface area contributed by atoms with E-state index in [9.17, 15) is 0 Å². The summed E-state index contributed by atoms with van der Waals surface area (Å²) in [6.07, 6.45) is 12.0. The summed E-state index contributed by atoms with van der Waals surface area (Å²) >= 11 is 0. The number of rotatable bonds is 4. The third kappa shape index (κ3) is 4.56. The van der Waals surface area contributed by atoms with Crippen LogP contribution in [0.5, 0.6) is 0 Å². The van der Waals surface area contributed by atoms with E-state index in [0.29, 0.717) is 23.5 Å². The first kappa shape index (κ1) is 19.0. The highest BCUT2D eigenvalue weighted by Crippen LogP contribution is 2.37. The molecule has 8 heteroatoms. The number of nitrogens with zero attached hydrogens (tertiary/aromatic N) is 4. The molecule has 1 unspecified atom stereocenters. The molecule has 0 aliphatic carbocycles. The van der Waals surface area contributed by atoms with Crippen LogP contribution in [0.25, 0.3) is 0 Å². The van der Waals surface area contributed by atoms with Gasteiger partial charge in [-0.1, -0.05) is 0 Å². The summed E-state index contributed by atoms with van der Waals surface area (Å²) in [6.45, 7) is 2.86. The monoisotopic (exact) mass is 384 g/mol. The molecule has 2 saturated heterocycles. The second-order valence-corrected chi connectivity index (χ2v) is 7.92. The number of nitrogen functional groups attached to an aromatic ring is 2. The van der Waals surface area contributed by atoms with Crippen molar-refractivity contribution in [1.82, 2.24) is 19.9 Å². The normalized spacial score (nSPS) is 30.8. The second-order valence-electron chi connectivity index (χ2n) is 7.92. The van der Waals surface area contributed by atoms with E-state index < -0.39 is 0 Å². The Morgan fingerprint density at radius 1 is 0.857 bits per heavy atom. The fourth-order valence-corrected chi connectivity index (χ4v) is 4.37. The lowest BCUT2D eigenvalue weighted by Gasteiger charge is -2.37. The van der Waals surface area contributed by atoms with Crippen molar-refractivity contribution in [1.29, 1.82) is 0 Å². The largest absolute Gasteiger partial charge is 0.382 e. The summed E-state index contributed by atoms with van der Waals surface area (Å²) in [5.41, 5.74) is 13.3. The summed E-state index contributed by atoms with van der Waals surface area (Å²) in [5.74, 6) is 1.59. The number of anilines is 2. The Morgan fingerprint density at radius 2 is 1.50 bits per heavy atom. The van der Waals surface area contributed by atoms with E-state index in [1.165, 1.54) is 0 Å². The lowest BCUT2D eigenvalue weighted by atomic mass is 9.85. The van der Waals surface area contributed by atoms with Crippen molar-refractivity contribution in [3.63, 3.8) is 0 Å². The third-order valence-electron chi connectivity index (χ3n) is 5.70. The Bertz CT molecular complexity index is 769. The molecule has 2 aliphatic heterocycles. The van der Waals surface area contributed by atoms with Crippen molar-refractivity contribution in [2.45, 2.75) is 69.2 Å². The first-order valence-corrected chi connectivity index (χ1v) is 9.98. The second kappa shape index (κ2) is 8.36. The maximum Gasteiger partial charge on any atom is 0.141 e. The van der Waals surface area contributed by atoms with Gasteiger partial charge >= 0.3 is 0 Å². The topological polar surface area (TPSA) is 122 Å². The van der Waals surface area contributed by atoms with Crippen LogP contribution in [0, 0.1) is 0 Å². The maximum atomic E-state index is 6.22. The number of hydrogen-bond donors (Lipinski definition) is 2. The van der Waals surface area contributed by atoms with E-state index in [2.05, 4.69) is 26.9 Å². The van der Waals surface area contributed by atoms with Gasteiger partial charge in [-0.15, -0.1) is 0 Å². The first-order chi connectivity index (χ1) is 13.6. The summed E-state index contributed by atoms with van der Waals surface area (Å²) < 4.78 is 12.3. The van der Waals surface area contributed by atoms with Gasteiger partial charge in [-0.25, -0.2) is 9.97 Å². The van der Waals surface area contributed by atoms with Gasteiger partial charge in [-0.3, -0.25) is 9.97 Å². The molecule has 2 aliphatic rings. The summed E-state index contributed by atoms with van der Waals surface area (Å²) in [6, 6.07) is 0. The zero-order valence-electron chi connectivity index (χ0n) is 16.2. The predicted octanol–water partition coefficient (Wildman–Crippen LogP) is 2.44. The lowest BCUT2D eigenvalue weighted by molar-refractivity contribution is -0.0881. The molecule has 4 N–H and O–H groups in total. The average molecular weight is 384 g/mol. The van der Waals surface area contributed by atoms with Gasteiger partial charge in [-0.05, 0) is 39.0 Å². The van der Waals surface area contributed by atoms with Gasteiger partial charge in [0.25, 0.3) is 0 Å². The highest BCUT2D eigenvalue weighted by atomic mass is 16.5. The minimum Gasteiger partial charge on any atom is -0.382 e. The van der Waals surface area contributed by atoms with E-state index >= 15 is 0 Å². The maximum absolute atomic E-state index is 6.22. The first-order valence-electron chi connectivity index (χ1n) is 9.98. The van der Waals surface area contributed by atoms with Crippen LogP contribution in [0.4, 0.5) is 11.6 Å². The Labute approximate surface area is 165 Å². The zero-order valence-corrected chi connectivity index (χ0v) is 16.2. The molecule has 4 rings (SSSR count). The molecule has 28 heavy (non-hydrogen) atoms. The van der Waals surface area contributed by atoms with Crippen molar-refractivity contribution in [2.75, 3.05) is 18.1 Å². The summed E-state index contributed by atoms with van der Waals surface area (Å²) in [4.78, 5) is 17.3. The van der Waals surface area contributed by atoms with Crippen molar-refractivity contribution in [3.05, 3.63) is 36.2 Å². The van der Waals surface area contributed by atoms with E-state index in [1.54, 1.807) is 24.8 Å². The lowest BCUT2D eigenvalue weighted by Crippen LogP contribution is -2.35. The summed E-state index contributed by atoms with van der Waals surface area (Å²) in [5, 5.41) is 0. The molecule has 2 aromatic rings. The molecule has 0 amide bonds. The highest BCUT2D eigenvalue weighted by Gasteiger charge is 2.33. The van der Waals surface area contributed by atoms with Gasteiger partial charge in [0.05, 0.1) is 54.5 Å². The molecule has 5 atom stereocenters. The molecule has 0 bridgehead atoms. The molecule has 0 saturated carbocycles. The highest BCUT2D eigenvalue weighted by molar-refractivity contribution is 5.25. The van der Waals surface area contributed by atoms with Crippen molar-refractivity contribution in [2.24, 2.45) is 0 Å². The van der Waals surface area contributed by atoms with Crippen LogP contribution in [0.2, 0.25) is 0 Å². The van der Waals surface area contributed by atoms with Gasteiger partial charge in [-0.2, -0.15) is 0 Å². The molecule has 2 fully saturated rings. The van der Waals surface area contributed by atoms with E-state index in [4.69, 9.17) is 20.9 Å². The van der Waals surface area contributed by atoms with Crippen LogP contribution in [0.3, 0.4) is 0 Å². The van der Waals surface area contributed by atoms with Crippen molar-refractivity contribution < 1.29 is 9.47 Å². The molecule has 2 aromatic heterocycles. The van der Waals surface area contributed by atoms with Crippen LogP contribution >= 0.6 is 0 Å². The van der Waals surface area contributed by atoms with Gasteiger partial charge in [0, 0.05) is 18.4 Å². The fraction of sp³-hybridized carbons (Fsp3) is 0.600. The van der Waals surface area contributed by atoms with Crippen LogP contribution in [0.15, 0.2) is 24.8 Å². The number of aromatic nitrogens is 4. The molecule has 0 radical (unpaired) electrons. The number of nitrogens with two attached hydrogens (primary N) is 2. The van der Waals surface area contributed by atoms with Crippen molar-refractivity contribution in [3.8, 4) is 0 Å². The minimum atomic E-state index is 0.148. The molecule has 4 heterocycles. The van der Waals surface area contributed by atoms with Crippen LogP contribution in [-0.2, 0) is 9.47 Å². The molecule has 150 valence electrons. The van der Waals surface area contributed by atoms with E-state index in [-0.39, 0.29) is 18.3 Å². The van der Waals surface area contributed by atoms with Crippen LogP contribution in [0.1, 0.15) is 62.3 Å². The molecule has 0 aromatic carbocycles. The fourth-order valence-electron chi connectivity index (χ4n) is 4.37. The minimum absolute atomic E-state index is 0.148. The van der Waals surface area contributed by atoms with Gasteiger partial charge in [0.15, 0.2) is 0 Å². The Kier molecular flexibility index (Phi) is 5.68. The van der Waals surface area contributed by atoms with E-state index in [0.717, 1.165) is 50.1 Å². The third-order valence-corrected chi connectivity index (χ3v) is 5.70. The van der Waals surface area contributed by atoms with Crippen LogP contribution < -0.4 is 11.5 Å². The van der Waals surface area contributed by atoms with E-state index in [1.807, 2.05) is 0 Å².